The zero-order chi connectivity index (χ0) is 19.6. The second-order valence-corrected chi connectivity index (χ2v) is 6.73. The molecule has 12 heteroatoms. The van der Waals surface area contributed by atoms with Gasteiger partial charge in [0.05, 0.1) is 30.5 Å². The van der Waals surface area contributed by atoms with Crippen LogP contribution in [0, 0.1) is 0 Å². The van der Waals surface area contributed by atoms with Gasteiger partial charge in [-0.2, -0.15) is 31.4 Å². The summed E-state index contributed by atoms with van der Waals surface area (Å²) in [5, 5.41) is 3.54. The summed E-state index contributed by atoms with van der Waals surface area (Å²) < 4.78 is 110. The third kappa shape index (κ3) is 2.92. The third-order valence-electron chi connectivity index (χ3n) is 5.10. The highest BCUT2D eigenvalue weighted by Crippen LogP contribution is 2.51. The molecule has 0 saturated carbocycles. The first-order valence-electron chi connectivity index (χ1n) is 8.33. The van der Waals surface area contributed by atoms with Crippen molar-refractivity contribution in [3.05, 3.63) is 17.0 Å². The van der Waals surface area contributed by atoms with E-state index < -0.39 is 60.6 Å². The molecule has 5 nitrogen and oxygen atoms in total. The number of hydrogen-bond donors (Lipinski definition) is 0. The number of hydrogen-bond acceptors (Lipinski definition) is 4. The number of fused-ring (bicyclic) bond motifs is 2. The first-order chi connectivity index (χ1) is 12.5. The van der Waals surface area contributed by atoms with Crippen molar-refractivity contribution in [1.29, 1.82) is 0 Å². The molecule has 3 aliphatic rings. The van der Waals surface area contributed by atoms with Crippen LogP contribution in [0.5, 0.6) is 0 Å². The molecule has 27 heavy (non-hydrogen) atoms. The van der Waals surface area contributed by atoms with E-state index in [0.717, 1.165) is 4.68 Å². The molecule has 2 aliphatic heterocycles. The van der Waals surface area contributed by atoms with Gasteiger partial charge in [-0.1, -0.05) is 0 Å². The van der Waals surface area contributed by atoms with E-state index in [1.807, 2.05) is 0 Å². The molecule has 1 spiro atoms. The highest BCUT2D eigenvalue weighted by molar-refractivity contribution is 5.40. The Bertz CT molecular complexity index is 724. The van der Waals surface area contributed by atoms with Crippen LogP contribution in [0.3, 0.4) is 0 Å². The molecular formula is C15H15F7N2O3. The Balaban J connectivity index is 1.78. The van der Waals surface area contributed by atoms with Gasteiger partial charge in [-0.25, -0.2) is 4.39 Å². The molecule has 3 atom stereocenters. The number of rotatable bonds is 1. The van der Waals surface area contributed by atoms with Crippen LogP contribution in [0.4, 0.5) is 30.7 Å². The van der Waals surface area contributed by atoms with E-state index in [1.54, 1.807) is 0 Å². The summed E-state index contributed by atoms with van der Waals surface area (Å²) in [7, 11) is 0. The van der Waals surface area contributed by atoms with Crippen LogP contribution in [0.15, 0.2) is 0 Å². The minimum absolute atomic E-state index is 0.0314. The zero-order valence-electron chi connectivity index (χ0n) is 13.7. The molecule has 3 unspecified atom stereocenters. The summed E-state index contributed by atoms with van der Waals surface area (Å²) in [6, 6.07) is -1.00. The van der Waals surface area contributed by atoms with E-state index in [4.69, 9.17) is 14.2 Å². The molecule has 0 amide bonds. The highest BCUT2D eigenvalue weighted by Gasteiger charge is 2.60. The largest absolute Gasteiger partial charge is 0.435 e. The van der Waals surface area contributed by atoms with Gasteiger partial charge in [0.1, 0.15) is 0 Å². The fourth-order valence-corrected chi connectivity index (χ4v) is 3.98. The number of aromatic nitrogens is 2. The number of alkyl halides is 7. The Morgan fingerprint density at radius 2 is 1.70 bits per heavy atom. The van der Waals surface area contributed by atoms with Gasteiger partial charge in [0.15, 0.2) is 18.0 Å². The molecule has 1 aromatic rings. The number of ether oxygens (including phenoxy) is 3. The second-order valence-electron chi connectivity index (χ2n) is 6.73. The lowest BCUT2D eigenvalue weighted by Crippen LogP contribution is -2.39. The predicted octanol–water partition coefficient (Wildman–Crippen LogP) is 3.28. The Kier molecular flexibility index (Phi) is 4.24. The van der Waals surface area contributed by atoms with Gasteiger partial charge in [0, 0.05) is 19.4 Å². The summed E-state index contributed by atoms with van der Waals surface area (Å²) in [5.74, 6) is -2.20. The Labute approximate surface area is 148 Å². The van der Waals surface area contributed by atoms with Crippen molar-refractivity contribution in [2.24, 2.45) is 0 Å². The smallest absolute Gasteiger partial charge is 0.369 e. The van der Waals surface area contributed by atoms with E-state index in [1.165, 1.54) is 0 Å². The molecule has 152 valence electrons. The predicted molar refractivity (Wildman–Crippen MR) is 73.5 cm³/mol. The highest BCUT2D eigenvalue weighted by atomic mass is 19.4. The molecule has 3 heterocycles. The lowest BCUT2D eigenvalue weighted by Gasteiger charge is -2.31. The van der Waals surface area contributed by atoms with Crippen LogP contribution >= 0.6 is 0 Å². The molecule has 0 N–H and O–H groups in total. The second kappa shape index (κ2) is 6.05. The fourth-order valence-electron chi connectivity index (χ4n) is 3.98. The van der Waals surface area contributed by atoms with Crippen molar-refractivity contribution in [3.63, 3.8) is 0 Å². The number of halogens is 7. The zero-order valence-corrected chi connectivity index (χ0v) is 13.7. The van der Waals surface area contributed by atoms with Crippen molar-refractivity contribution in [1.82, 2.24) is 9.78 Å². The molecule has 1 aliphatic carbocycles. The Morgan fingerprint density at radius 3 is 2.30 bits per heavy atom. The van der Waals surface area contributed by atoms with Gasteiger partial charge in [0.2, 0.25) is 5.79 Å². The minimum Gasteiger partial charge on any atom is -0.369 e. The van der Waals surface area contributed by atoms with Gasteiger partial charge in [-0.05, 0) is 6.42 Å². The Hall–Kier alpha value is -1.40. The van der Waals surface area contributed by atoms with Crippen molar-refractivity contribution < 1.29 is 44.9 Å². The first kappa shape index (κ1) is 18.9. The summed E-state index contributed by atoms with van der Waals surface area (Å²) in [5.41, 5.74) is -2.07. The molecule has 4 rings (SSSR count). The van der Waals surface area contributed by atoms with Crippen LogP contribution in [-0.4, -0.2) is 48.1 Å². The van der Waals surface area contributed by atoms with Crippen molar-refractivity contribution in [3.8, 4) is 0 Å². The monoisotopic (exact) mass is 404 g/mol. The molecule has 2 saturated heterocycles. The van der Waals surface area contributed by atoms with E-state index in [2.05, 4.69) is 5.10 Å². The lowest BCUT2D eigenvalue weighted by molar-refractivity contribution is -0.235. The number of nitrogens with zero attached hydrogens (tertiary/aromatic N) is 2. The van der Waals surface area contributed by atoms with Crippen molar-refractivity contribution >= 4 is 0 Å². The lowest BCUT2D eigenvalue weighted by atomic mass is 10.0. The normalized spacial score (nSPS) is 30.9. The summed E-state index contributed by atoms with van der Waals surface area (Å²) in [4.78, 5) is 0. The molecule has 0 bridgehead atoms. The fraction of sp³-hybridized carbons (Fsp3) is 0.800. The topological polar surface area (TPSA) is 45.5 Å². The van der Waals surface area contributed by atoms with Gasteiger partial charge >= 0.3 is 12.4 Å². The third-order valence-corrected chi connectivity index (χ3v) is 5.10. The van der Waals surface area contributed by atoms with Gasteiger partial charge in [-0.3, -0.25) is 4.68 Å². The van der Waals surface area contributed by atoms with Gasteiger partial charge in [0.25, 0.3) is 0 Å². The Morgan fingerprint density at radius 1 is 1.04 bits per heavy atom. The van der Waals surface area contributed by atoms with Crippen molar-refractivity contribution in [2.75, 3.05) is 19.8 Å². The van der Waals surface area contributed by atoms with Crippen LogP contribution < -0.4 is 0 Å². The maximum Gasteiger partial charge on any atom is 0.435 e. The molecule has 0 radical (unpaired) electrons. The average Bonchev–Trinajstić information content (AvgIpc) is 3.24. The van der Waals surface area contributed by atoms with Crippen LogP contribution in [0.1, 0.15) is 35.8 Å². The SMILES string of the molecule is FC1Cc2c(c(C(F)(F)F)nn2C2CCOC(C(F)(F)F)C2)C12OCCO2. The molecule has 0 aromatic carbocycles. The van der Waals surface area contributed by atoms with Crippen LogP contribution in [-0.2, 0) is 32.6 Å². The van der Waals surface area contributed by atoms with E-state index in [9.17, 15) is 30.7 Å². The van der Waals surface area contributed by atoms with E-state index >= 15 is 0 Å². The average molecular weight is 404 g/mol. The standard InChI is InChI=1S/C15H15F7N2O3/c16-9-6-8-11(13(9)26-3-4-27-13)12(15(20,21)22)23-24(8)7-1-2-25-10(5-7)14(17,18)19/h7,9-10H,1-6H2. The molecule has 1 aromatic heterocycles. The van der Waals surface area contributed by atoms with Gasteiger partial charge < -0.3 is 14.2 Å². The van der Waals surface area contributed by atoms with E-state index in [-0.39, 0.29) is 31.9 Å². The first-order valence-corrected chi connectivity index (χ1v) is 8.33. The van der Waals surface area contributed by atoms with Gasteiger partial charge in [-0.15, -0.1) is 0 Å². The quantitative estimate of drug-likeness (QED) is 0.674. The summed E-state index contributed by atoms with van der Waals surface area (Å²) in [6.45, 7) is -0.465. The molecular weight excluding hydrogens is 389 g/mol. The maximum atomic E-state index is 14.6. The van der Waals surface area contributed by atoms with E-state index in [0.29, 0.717) is 0 Å². The molecule has 2 fully saturated rings. The van der Waals surface area contributed by atoms with Crippen LogP contribution in [0.2, 0.25) is 0 Å². The summed E-state index contributed by atoms with van der Waals surface area (Å²) in [6.07, 6.45) is -14.6. The van der Waals surface area contributed by atoms with Crippen molar-refractivity contribution in [2.45, 2.75) is 55.7 Å². The van der Waals surface area contributed by atoms with Crippen LogP contribution in [0.25, 0.3) is 0 Å². The minimum atomic E-state index is -4.93. The summed E-state index contributed by atoms with van der Waals surface area (Å²) >= 11 is 0. The maximum absolute atomic E-state index is 14.6.